The van der Waals surface area contributed by atoms with Crippen LogP contribution < -0.4 is 0 Å². The third-order valence-corrected chi connectivity index (χ3v) is 0.799. The van der Waals surface area contributed by atoms with Crippen molar-refractivity contribution in [2.45, 2.75) is 26.7 Å². The summed E-state index contributed by atoms with van der Waals surface area (Å²) in [6.07, 6.45) is 2.04. The fourth-order valence-electron chi connectivity index (χ4n) is 0.158. The highest BCUT2D eigenvalue weighted by molar-refractivity contribution is 6.40. The number of alkyl halides is 2. The molecule has 0 atom stereocenters. The number of aliphatic hydroxyl groups is 1. The Bertz CT molecular complexity index is 87.5. The Kier molecular flexibility index (Phi) is 32.7. The molecule has 0 aliphatic heterocycles. The summed E-state index contributed by atoms with van der Waals surface area (Å²) >= 11 is 9.53. The van der Waals surface area contributed by atoms with Crippen molar-refractivity contribution in [3.63, 3.8) is 0 Å². The van der Waals surface area contributed by atoms with Crippen LogP contribution in [0.25, 0.3) is 0 Å². The van der Waals surface area contributed by atoms with Gasteiger partial charge in [0.2, 0.25) is 0 Å². The van der Waals surface area contributed by atoms with Crippen LogP contribution in [0.3, 0.4) is 0 Å². The maximum atomic E-state index is 9.59. The molecular weight excluding hydrogens is 215 g/mol. The van der Waals surface area contributed by atoms with Gasteiger partial charge in [0, 0.05) is 13.5 Å². The first-order valence-corrected chi connectivity index (χ1v) is 4.94. The van der Waals surface area contributed by atoms with Gasteiger partial charge in [-0.25, -0.2) is 0 Å². The van der Waals surface area contributed by atoms with Gasteiger partial charge in [-0.3, -0.25) is 4.79 Å². The van der Waals surface area contributed by atoms with Gasteiger partial charge in [-0.05, 0) is 6.42 Å². The molecule has 0 saturated carbocycles. The monoisotopic (exact) mass is 232 g/mol. The molecule has 0 aromatic heterocycles. The Hall–Kier alpha value is 0.01000. The van der Waals surface area contributed by atoms with Crippen LogP contribution in [0.5, 0.6) is 0 Å². The molecule has 0 spiro atoms. The molecule has 0 saturated heterocycles. The summed E-state index contributed by atoms with van der Waals surface area (Å²) in [5, 5.41) is 8.26. The maximum Gasteiger partial charge on any atom is 0.302 e. The minimum atomic E-state index is -0.245. The third-order valence-electron chi connectivity index (χ3n) is 0.799. The first kappa shape index (κ1) is 18.7. The van der Waals surface area contributed by atoms with Crippen LogP contribution >= 0.6 is 23.2 Å². The Morgan fingerprint density at radius 1 is 1.46 bits per heavy atom. The van der Waals surface area contributed by atoms with Crippen LogP contribution in [0.1, 0.15) is 26.7 Å². The van der Waals surface area contributed by atoms with E-state index in [0.29, 0.717) is 6.61 Å². The molecule has 0 rings (SSSR count). The highest BCUT2D eigenvalue weighted by Crippen LogP contribution is 1.78. The van der Waals surface area contributed by atoms with Gasteiger partial charge in [-0.2, -0.15) is 0 Å². The Labute approximate surface area is 90.0 Å². The van der Waals surface area contributed by atoms with E-state index in [9.17, 15) is 4.79 Å². The van der Waals surface area contributed by atoms with E-state index in [2.05, 4.69) is 11.7 Å². The number of aliphatic hydroxyl groups excluding tert-OH is 1. The average Bonchev–Trinajstić information content (AvgIpc) is 2.08. The molecule has 0 aliphatic rings. The van der Waals surface area contributed by atoms with Crippen molar-refractivity contribution in [2.24, 2.45) is 0 Å². The lowest BCUT2D eigenvalue weighted by atomic mass is 10.4. The molecule has 0 aromatic carbocycles. The topological polar surface area (TPSA) is 46.5 Å². The molecule has 0 aromatic rings. The smallest absolute Gasteiger partial charge is 0.302 e. The van der Waals surface area contributed by atoms with Crippen LogP contribution in [-0.4, -0.2) is 30.1 Å². The molecule has 0 aliphatic carbocycles. The van der Waals surface area contributed by atoms with Gasteiger partial charge in [-0.15, -0.1) is 23.2 Å². The molecule has 82 valence electrons. The van der Waals surface area contributed by atoms with Crippen molar-refractivity contribution < 1.29 is 14.6 Å². The van der Waals surface area contributed by atoms with Crippen molar-refractivity contribution in [1.82, 2.24) is 0 Å². The van der Waals surface area contributed by atoms with E-state index >= 15 is 0 Å². The highest BCUT2D eigenvalue weighted by Gasteiger charge is 1.75. The van der Waals surface area contributed by atoms with Crippen LogP contribution in [0.15, 0.2) is 0 Å². The summed E-state index contributed by atoms with van der Waals surface area (Å²) in [5.74, 6) is -0.245. The standard InChI is InChI=1S/C4H10O.C3H6O2.CH2Cl2/c1-2-3-4-5;1-3(4)5-2;2-1-3/h5H,2-4H2,1H3;1-2H3;1H2. The highest BCUT2D eigenvalue weighted by atomic mass is 35.5. The Morgan fingerprint density at radius 3 is 1.77 bits per heavy atom. The van der Waals surface area contributed by atoms with Crippen LogP contribution in [0, 0.1) is 0 Å². The summed E-state index contributed by atoms with van der Waals surface area (Å²) in [5.41, 5.74) is 0. The molecule has 0 radical (unpaired) electrons. The zero-order valence-corrected chi connectivity index (χ0v) is 9.86. The second-order valence-electron chi connectivity index (χ2n) is 1.87. The van der Waals surface area contributed by atoms with E-state index < -0.39 is 0 Å². The van der Waals surface area contributed by atoms with E-state index in [1.807, 2.05) is 0 Å². The summed E-state index contributed by atoms with van der Waals surface area (Å²) in [6.45, 7) is 3.76. The van der Waals surface area contributed by atoms with Crippen molar-refractivity contribution in [1.29, 1.82) is 0 Å². The summed E-state index contributed by atoms with van der Waals surface area (Å²) in [6, 6.07) is 0. The molecule has 13 heavy (non-hydrogen) atoms. The normalized spacial score (nSPS) is 7.23. The molecule has 3 nitrogen and oxygen atoms in total. The number of methoxy groups -OCH3 is 1. The van der Waals surface area contributed by atoms with Crippen LogP contribution in [0.2, 0.25) is 0 Å². The zero-order chi connectivity index (χ0) is 11.1. The molecule has 0 fully saturated rings. The Balaban J connectivity index is -0.000000120. The molecule has 0 heterocycles. The van der Waals surface area contributed by atoms with E-state index in [0.717, 1.165) is 12.8 Å². The minimum Gasteiger partial charge on any atom is -0.469 e. The number of rotatable bonds is 2. The van der Waals surface area contributed by atoms with Crippen LogP contribution in [0.4, 0.5) is 0 Å². The van der Waals surface area contributed by atoms with Crippen molar-refractivity contribution in [3.05, 3.63) is 0 Å². The SMILES string of the molecule is CCCCO.COC(C)=O.ClCCl. The molecular formula is C8H18Cl2O3. The van der Waals surface area contributed by atoms with Gasteiger partial charge in [0.05, 0.1) is 12.4 Å². The number of halogens is 2. The quantitative estimate of drug-likeness (QED) is 0.588. The first-order valence-electron chi connectivity index (χ1n) is 3.87. The predicted octanol–water partition coefficient (Wildman–Crippen LogP) is 2.38. The number of esters is 1. The third kappa shape index (κ3) is 74.8. The number of hydrogen-bond acceptors (Lipinski definition) is 3. The summed E-state index contributed by atoms with van der Waals surface area (Å²) in [7, 11) is 1.35. The van der Waals surface area contributed by atoms with E-state index in [1.54, 1.807) is 0 Å². The average molecular weight is 233 g/mol. The maximum absolute atomic E-state index is 9.59. The number of carbonyl (C=O) groups excluding carboxylic acids is 1. The lowest BCUT2D eigenvalue weighted by Crippen LogP contribution is -1.88. The van der Waals surface area contributed by atoms with Crippen molar-refractivity contribution in [2.75, 3.05) is 19.1 Å². The van der Waals surface area contributed by atoms with Gasteiger partial charge in [0.25, 0.3) is 0 Å². The predicted molar refractivity (Wildman–Crippen MR) is 56.3 cm³/mol. The van der Waals surface area contributed by atoms with E-state index in [1.165, 1.54) is 14.0 Å². The summed E-state index contributed by atoms with van der Waals surface area (Å²) in [4.78, 5) is 9.59. The van der Waals surface area contributed by atoms with E-state index in [4.69, 9.17) is 28.3 Å². The molecule has 5 heteroatoms. The van der Waals surface area contributed by atoms with Crippen molar-refractivity contribution >= 4 is 29.2 Å². The fourth-order valence-corrected chi connectivity index (χ4v) is 0.158. The minimum absolute atomic E-state index is 0.194. The second-order valence-corrected chi connectivity index (χ2v) is 2.68. The lowest BCUT2D eigenvalue weighted by Gasteiger charge is -1.80. The van der Waals surface area contributed by atoms with Gasteiger partial charge >= 0.3 is 5.97 Å². The number of ether oxygens (including phenoxy) is 1. The van der Waals surface area contributed by atoms with Gasteiger partial charge in [0.15, 0.2) is 0 Å². The van der Waals surface area contributed by atoms with Crippen molar-refractivity contribution in [3.8, 4) is 0 Å². The van der Waals surface area contributed by atoms with Gasteiger partial charge in [0.1, 0.15) is 0 Å². The fraction of sp³-hybridized carbons (Fsp3) is 0.875. The molecule has 1 N–H and O–H groups in total. The molecule has 0 amide bonds. The zero-order valence-electron chi connectivity index (χ0n) is 8.35. The van der Waals surface area contributed by atoms with Gasteiger partial charge < -0.3 is 9.84 Å². The number of carbonyl (C=O) groups is 1. The number of hydrogen-bond donors (Lipinski definition) is 1. The molecule has 0 unspecified atom stereocenters. The second kappa shape index (κ2) is 22.7. The van der Waals surface area contributed by atoms with E-state index in [-0.39, 0.29) is 11.3 Å². The lowest BCUT2D eigenvalue weighted by molar-refractivity contribution is -0.137. The Morgan fingerprint density at radius 2 is 1.77 bits per heavy atom. The van der Waals surface area contributed by atoms with Crippen LogP contribution in [-0.2, 0) is 9.53 Å². The molecule has 0 bridgehead atoms. The largest absolute Gasteiger partial charge is 0.469 e. The van der Waals surface area contributed by atoms with Gasteiger partial charge in [-0.1, -0.05) is 13.3 Å². The number of unbranched alkanes of at least 4 members (excludes halogenated alkanes) is 1. The first-order chi connectivity index (χ1) is 6.10. The summed E-state index contributed by atoms with van der Waals surface area (Å²) < 4.78 is 4.11.